The van der Waals surface area contributed by atoms with Crippen LogP contribution in [0, 0.1) is 29.6 Å². The normalized spacial score (nSPS) is 37.0. The smallest absolute Gasteiger partial charge is 0.226 e. The van der Waals surface area contributed by atoms with Crippen LogP contribution in [0.4, 0.5) is 0 Å². The zero-order chi connectivity index (χ0) is 16.4. The molecule has 5 fully saturated rings. The number of rotatable bonds is 4. The van der Waals surface area contributed by atoms with Crippen LogP contribution < -0.4 is 0 Å². The third-order valence-corrected chi connectivity index (χ3v) is 7.21. The molecule has 5 heteroatoms. The van der Waals surface area contributed by atoms with Crippen LogP contribution in [0.3, 0.4) is 0 Å². The molecule has 0 radical (unpaired) electrons. The van der Waals surface area contributed by atoms with Gasteiger partial charge in [-0.05, 0) is 68.6 Å². The second-order valence-electron chi connectivity index (χ2n) is 8.96. The highest BCUT2D eigenvalue weighted by atomic mass is 16.2. The molecular formula is C19H28N4O. The fourth-order valence-electron chi connectivity index (χ4n) is 6.08. The van der Waals surface area contributed by atoms with Gasteiger partial charge >= 0.3 is 0 Å². The highest BCUT2D eigenvalue weighted by Crippen LogP contribution is 2.56. The molecule has 0 N–H and O–H groups in total. The molecule has 5 aliphatic carbocycles. The van der Waals surface area contributed by atoms with E-state index in [-0.39, 0.29) is 5.92 Å². The summed E-state index contributed by atoms with van der Waals surface area (Å²) < 4.78 is 2.11. The minimum Gasteiger partial charge on any atom is -0.338 e. The largest absolute Gasteiger partial charge is 0.338 e. The monoisotopic (exact) mass is 328 g/mol. The van der Waals surface area contributed by atoms with Gasteiger partial charge in [0.1, 0.15) is 5.82 Å². The minimum atomic E-state index is 0.277. The molecule has 0 saturated heterocycles. The van der Waals surface area contributed by atoms with E-state index in [0.717, 1.165) is 23.5 Å². The van der Waals surface area contributed by atoms with Crippen LogP contribution in [0.15, 0.2) is 0 Å². The molecule has 6 rings (SSSR count). The van der Waals surface area contributed by atoms with Gasteiger partial charge < -0.3 is 9.47 Å². The molecule has 1 heterocycles. The summed E-state index contributed by atoms with van der Waals surface area (Å²) in [5.74, 6) is 6.40. The molecule has 5 aliphatic rings. The number of nitrogens with zero attached hydrogens (tertiary/aromatic N) is 4. The van der Waals surface area contributed by atoms with Gasteiger partial charge in [0.15, 0.2) is 5.82 Å². The van der Waals surface area contributed by atoms with Gasteiger partial charge in [-0.2, -0.15) is 0 Å². The van der Waals surface area contributed by atoms with Crippen LogP contribution in [0.2, 0.25) is 0 Å². The van der Waals surface area contributed by atoms with Gasteiger partial charge in [-0.3, -0.25) is 4.79 Å². The SMILES string of the molecule is CN(Cc1nnc(C2CC2)n1C)C(=O)C1C2CC3CC(C2)CC1C3. The lowest BCUT2D eigenvalue weighted by atomic mass is 9.51. The Morgan fingerprint density at radius 2 is 1.71 bits per heavy atom. The van der Waals surface area contributed by atoms with E-state index in [1.54, 1.807) is 0 Å². The Kier molecular flexibility index (Phi) is 3.29. The fourth-order valence-corrected chi connectivity index (χ4v) is 6.08. The summed E-state index contributed by atoms with van der Waals surface area (Å²) in [5, 5.41) is 8.71. The molecule has 0 spiro atoms. The maximum absolute atomic E-state index is 13.2. The molecule has 0 unspecified atom stereocenters. The van der Waals surface area contributed by atoms with Crippen molar-refractivity contribution in [3.63, 3.8) is 0 Å². The van der Waals surface area contributed by atoms with Gasteiger partial charge in [-0.15, -0.1) is 10.2 Å². The van der Waals surface area contributed by atoms with Gasteiger partial charge in [0.2, 0.25) is 5.91 Å². The van der Waals surface area contributed by atoms with E-state index >= 15 is 0 Å². The molecule has 0 atom stereocenters. The average molecular weight is 328 g/mol. The van der Waals surface area contributed by atoms with Crippen molar-refractivity contribution in [2.75, 3.05) is 7.05 Å². The van der Waals surface area contributed by atoms with Crippen molar-refractivity contribution in [1.82, 2.24) is 19.7 Å². The first-order chi connectivity index (χ1) is 11.6. The van der Waals surface area contributed by atoms with Crippen LogP contribution in [0.1, 0.15) is 62.5 Å². The zero-order valence-electron chi connectivity index (χ0n) is 14.8. The maximum atomic E-state index is 13.2. The van der Waals surface area contributed by atoms with E-state index in [1.807, 2.05) is 19.0 Å². The van der Waals surface area contributed by atoms with Crippen molar-refractivity contribution in [1.29, 1.82) is 0 Å². The second-order valence-corrected chi connectivity index (χ2v) is 8.96. The molecule has 1 aromatic heterocycles. The van der Waals surface area contributed by atoms with Crippen LogP contribution in [0.5, 0.6) is 0 Å². The Hall–Kier alpha value is -1.39. The van der Waals surface area contributed by atoms with Crippen LogP contribution >= 0.6 is 0 Å². The number of hydrogen-bond acceptors (Lipinski definition) is 3. The van der Waals surface area contributed by atoms with Gasteiger partial charge in [0, 0.05) is 25.9 Å². The number of carbonyl (C=O) groups is 1. The second kappa shape index (κ2) is 5.30. The molecule has 130 valence electrons. The first kappa shape index (κ1) is 14.9. The minimum absolute atomic E-state index is 0.277. The highest BCUT2D eigenvalue weighted by Gasteiger charge is 2.51. The lowest BCUT2D eigenvalue weighted by Gasteiger charge is -2.54. The Bertz CT molecular complexity index is 634. The number of hydrogen-bond donors (Lipinski definition) is 0. The van der Waals surface area contributed by atoms with Crippen molar-refractivity contribution in [2.24, 2.45) is 36.6 Å². The summed E-state index contributed by atoms with van der Waals surface area (Å²) >= 11 is 0. The molecular weight excluding hydrogens is 300 g/mol. The van der Waals surface area contributed by atoms with Gasteiger partial charge in [-0.1, -0.05) is 0 Å². The number of amides is 1. The molecule has 1 aromatic rings. The Morgan fingerprint density at radius 1 is 1.08 bits per heavy atom. The van der Waals surface area contributed by atoms with Crippen LogP contribution in [-0.4, -0.2) is 32.6 Å². The lowest BCUT2D eigenvalue weighted by molar-refractivity contribution is -0.148. The van der Waals surface area contributed by atoms with Gasteiger partial charge in [0.25, 0.3) is 0 Å². The van der Waals surface area contributed by atoms with Crippen molar-refractivity contribution in [3.8, 4) is 0 Å². The summed E-state index contributed by atoms with van der Waals surface area (Å²) in [4.78, 5) is 15.1. The molecule has 5 nitrogen and oxygen atoms in total. The molecule has 24 heavy (non-hydrogen) atoms. The average Bonchev–Trinajstić information content (AvgIpc) is 3.31. The predicted octanol–water partition coefficient (Wildman–Crippen LogP) is 2.72. The standard InChI is InChI=1S/C19H28N4O/c1-22(10-16-20-21-18(23(16)2)13-3-4-13)19(24)17-14-6-11-5-12(8-14)9-15(17)7-11/h11-15,17H,3-10H2,1-2H3. The summed E-state index contributed by atoms with van der Waals surface area (Å²) in [6.45, 7) is 0.595. The third-order valence-electron chi connectivity index (χ3n) is 7.21. The first-order valence-electron chi connectivity index (χ1n) is 9.73. The molecule has 1 amide bonds. The summed E-state index contributed by atoms with van der Waals surface area (Å²) in [6.07, 6.45) is 9.09. The summed E-state index contributed by atoms with van der Waals surface area (Å²) in [7, 11) is 4.00. The first-order valence-corrected chi connectivity index (χ1v) is 9.73. The summed E-state index contributed by atoms with van der Waals surface area (Å²) in [6, 6.07) is 0. The molecule has 0 aromatic carbocycles. The van der Waals surface area contributed by atoms with Crippen molar-refractivity contribution >= 4 is 5.91 Å². The quantitative estimate of drug-likeness (QED) is 0.854. The van der Waals surface area contributed by atoms with Crippen LogP contribution in [0.25, 0.3) is 0 Å². The Balaban J connectivity index is 1.30. The zero-order valence-corrected chi connectivity index (χ0v) is 14.8. The fraction of sp³-hybridized carbons (Fsp3) is 0.842. The lowest BCUT2D eigenvalue weighted by Crippen LogP contribution is -2.51. The van der Waals surface area contributed by atoms with Gasteiger partial charge in [-0.25, -0.2) is 0 Å². The van der Waals surface area contributed by atoms with Crippen molar-refractivity contribution in [3.05, 3.63) is 11.6 Å². The highest BCUT2D eigenvalue weighted by molar-refractivity contribution is 5.79. The predicted molar refractivity (Wildman–Crippen MR) is 90.0 cm³/mol. The maximum Gasteiger partial charge on any atom is 0.226 e. The van der Waals surface area contributed by atoms with Crippen molar-refractivity contribution in [2.45, 2.75) is 57.4 Å². The number of aromatic nitrogens is 3. The Morgan fingerprint density at radius 3 is 2.29 bits per heavy atom. The van der Waals surface area contributed by atoms with Crippen LogP contribution in [-0.2, 0) is 18.4 Å². The molecule has 0 aliphatic heterocycles. The van der Waals surface area contributed by atoms with E-state index in [4.69, 9.17) is 0 Å². The topological polar surface area (TPSA) is 51.0 Å². The van der Waals surface area contributed by atoms with E-state index in [1.165, 1.54) is 44.9 Å². The Labute approximate surface area is 143 Å². The van der Waals surface area contributed by atoms with E-state index in [0.29, 0.717) is 30.2 Å². The van der Waals surface area contributed by atoms with E-state index in [2.05, 4.69) is 14.8 Å². The molecule has 5 saturated carbocycles. The summed E-state index contributed by atoms with van der Waals surface area (Å²) in [5.41, 5.74) is 0. The third kappa shape index (κ3) is 2.31. The van der Waals surface area contributed by atoms with E-state index in [9.17, 15) is 4.79 Å². The van der Waals surface area contributed by atoms with E-state index < -0.39 is 0 Å². The molecule has 4 bridgehead atoms. The van der Waals surface area contributed by atoms with Gasteiger partial charge in [0.05, 0.1) is 6.54 Å². The number of carbonyl (C=O) groups excluding carboxylic acids is 1. The van der Waals surface area contributed by atoms with Crippen molar-refractivity contribution < 1.29 is 4.79 Å².